The normalized spacial score (nSPS) is 12.8. The second-order valence-electron chi connectivity index (χ2n) is 22.1. The summed E-state index contributed by atoms with van der Waals surface area (Å²) >= 11 is 0. The van der Waals surface area contributed by atoms with Gasteiger partial charge in [0.05, 0.1) is 13.2 Å². The Morgan fingerprint density at radius 3 is 0.986 bits per heavy atom. The molecule has 7 nitrogen and oxygen atoms in total. The van der Waals surface area contributed by atoms with Crippen LogP contribution in [0.15, 0.2) is 0 Å². The summed E-state index contributed by atoms with van der Waals surface area (Å²) in [6.07, 6.45) is 55.2. The van der Waals surface area contributed by atoms with Gasteiger partial charge < -0.3 is 19.7 Å². The van der Waals surface area contributed by atoms with Crippen molar-refractivity contribution in [2.45, 2.75) is 342 Å². The van der Waals surface area contributed by atoms with E-state index in [2.05, 4.69) is 44.8 Å². The number of amides is 1. The molecule has 0 aromatic carbocycles. The lowest BCUT2D eigenvalue weighted by Crippen LogP contribution is -2.41. The van der Waals surface area contributed by atoms with Gasteiger partial charge in [-0.25, -0.2) is 0 Å². The zero-order valence-electron chi connectivity index (χ0n) is 48.3. The zero-order chi connectivity index (χ0) is 51.2. The van der Waals surface area contributed by atoms with Crippen LogP contribution in [0.3, 0.4) is 0 Å². The third kappa shape index (κ3) is 46.2. The van der Waals surface area contributed by atoms with Crippen molar-refractivity contribution in [3.8, 4) is 0 Å². The van der Waals surface area contributed by atoms with Crippen molar-refractivity contribution in [1.82, 2.24) is 10.2 Å². The van der Waals surface area contributed by atoms with Gasteiger partial charge in [-0.2, -0.15) is 0 Å². The minimum absolute atomic E-state index is 0.00314. The molecule has 0 spiro atoms. The quantitative estimate of drug-likeness (QED) is 0.0483. The number of ether oxygens (including phenoxy) is 2. The number of hydrogen-bond acceptors (Lipinski definition) is 6. The Labute approximate surface area is 437 Å². The number of nitrogens with zero attached hydrogens (tertiary/aromatic N) is 1. The monoisotopic (exact) mass is 989 g/mol. The Bertz CT molecular complexity index is 1040. The molecule has 70 heavy (non-hydrogen) atoms. The molecule has 0 fully saturated rings. The van der Waals surface area contributed by atoms with Crippen molar-refractivity contribution < 1.29 is 23.9 Å². The smallest absolute Gasteiger partial charge is 0.305 e. The largest absolute Gasteiger partial charge is 0.465 e. The highest BCUT2D eigenvalue weighted by atomic mass is 16.5. The molecule has 0 aliphatic heterocycles. The minimum Gasteiger partial charge on any atom is -0.465 e. The van der Waals surface area contributed by atoms with Crippen LogP contribution in [-0.4, -0.2) is 62.1 Å². The summed E-state index contributed by atoms with van der Waals surface area (Å²) in [7, 11) is 2.01. The maximum atomic E-state index is 13.9. The van der Waals surface area contributed by atoms with Gasteiger partial charge in [0.1, 0.15) is 0 Å². The zero-order valence-corrected chi connectivity index (χ0v) is 48.3. The molecule has 0 heterocycles. The number of unbranched alkanes of at least 4 members (excludes halogenated alkanes) is 30. The van der Waals surface area contributed by atoms with E-state index in [4.69, 9.17) is 9.47 Å². The highest BCUT2D eigenvalue weighted by Crippen LogP contribution is 2.24. The van der Waals surface area contributed by atoms with Crippen LogP contribution in [0.4, 0.5) is 0 Å². The molecule has 2 unspecified atom stereocenters. The van der Waals surface area contributed by atoms with Gasteiger partial charge in [0.2, 0.25) is 5.91 Å². The summed E-state index contributed by atoms with van der Waals surface area (Å²) < 4.78 is 11.8. The summed E-state index contributed by atoms with van der Waals surface area (Å²) in [4.78, 5) is 41.7. The van der Waals surface area contributed by atoms with Gasteiger partial charge in [0.25, 0.3) is 0 Å². The van der Waals surface area contributed by atoms with Gasteiger partial charge in [-0.3, -0.25) is 14.4 Å². The molecule has 0 aliphatic rings. The van der Waals surface area contributed by atoms with E-state index in [-0.39, 0.29) is 11.9 Å². The fraction of sp³-hybridized carbons (Fsp3) is 0.952. The first kappa shape index (κ1) is 68.4. The number of carbonyl (C=O) groups excluding carboxylic acids is 3. The van der Waals surface area contributed by atoms with Crippen molar-refractivity contribution in [2.75, 3.05) is 33.4 Å². The Hall–Kier alpha value is -1.63. The molecule has 0 saturated heterocycles. The lowest BCUT2D eigenvalue weighted by molar-refractivity contribution is -0.146. The van der Waals surface area contributed by atoms with Gasteiger partial charge in [-0.15, -0.1) is 0 Å². The first-order valence-electron chi connectivity index (χ1n) is 31.6. The number of esters is 2. The van der Waals surface area contributed by atoms with E-state index in [9.17, 15) is 14.4 Å². The second-order valence-corrected chi connectivity index (χ2v) is 22.1. The summed E-state index contributed by atoms with van der Waals surface area (Å²) in [6, 6.07) is 0.317. The van der Waals surface area contributed by atoms with Gasteiger partial charge in [0, 0.05) is 31.8 Å². The molecule has 0 radical (unpaired) electrons. The molecule has 0 bridgehead atoms. The summed E-state index contributed by atoms with van der Waals surface area (Å²) in [5.74, 6) is 1.42. The average Bonchev–Trinajstić information content (AvgIpc) is 3.36. The van der Waals surface area contributed by atoms with E-state index in [1.54, 1.807) is 0 Å². The third-order valence-electron chi connectivity index (χ3n) is 15.2. The number of rotatable bonds is 57. The van der Waals surface area contributed by atoms with Crippen molar-refractivity contribution in [1.29, 1.82) is 0 Å². The van der Waals surface area contributed by atoms with Crippen LogP contribution < -0.4 is 5.32 Å². The van der Waals surface area contributed by atoms with Crippen LogP contribution in [0.1, 0.15) is 336 Å². The van der Waals surface area contributed by atoms with Gasteiger partial charge >= 0.3 is 11.9 Å². The molecule has 7 heteroatoms. The summed E-state index contributed by atoms with van der Waals surface area (Å²) in [5.41, 5.74) is 0. The van der Waals surface area contributed by atoms with E-state index in [0.29, 0.717) is 56.3 Å². The Balaban J connectivity index is 4.91. The molecular formula is C63H124N2O5. The molecule has 0 rings (SSSR count). The van der Waals surface area contributed by atoms with E-state index in [1.807, 2.05) is 7.05 Å². The van der Waals surface area contributed by atoms with Crippen LogP contribution in [0, 0.1) is 11.8 Å². The lowest BCUT2D eigenvalue weighted by Gasteiger charge is -2.33. The fourth-order valence-electron chi connectivity index (χ4n) is 10.5. The fourth-order valence-corrected chi connectivity index (χ4v) is 10.5. The third-order valence-corrected chi connectivity index (χ3v) is 15.2. The van der Waals surface area contributed by atoms with Crippen LogP contribution in [-0.2, 0) is 23.9 Å². The number of carbonyl (C=O) groups is 3. The van der Waals surface area contributed by atoms with Crippen LogP contribution in [0.2, 0.25) is 0 Å². The average molecular weight is 990 g/mol. The van der Waals surface area contributed by atoms with Crippen molar-refractivity contribution in [3.05, 3.63) is 0 Å². The minimum atomic E-state index is 0.00314. The van der Waals surface area contributed by atoms with Crippen LogP contribution >= 0.6 is 0 Å². The molecule has 2 atom stereocenters. The maximum Gasteiger partial charge on any atom is 0.305 e. The first-order chi connectivity index (χ1) is 34.4. The number of hydrogen-bond donors (Lipinski definition) is 1. The predicted octanol–water partition coefficient (Wildman–Crippen LogP) is 19.2. The van der Waals surface area contributed by atoms with E-state index < -0.39 is 0 Å². The van der Waals surface area contributed by atoms with Gasteiger partial charge in [-0.1, -0.05) is 253 Å². The molecular weight excluding hydrogens is 865 g/mol. The molecule has 0 aromatic rings. The van der Waals surface area contributed by atoms with Crippen molar-refractivity contribution in [3.63, 3.8) is 0 Å². The van der Waals surface area contributed by atoms with Crippen molar-refractivity contribution >= 4 is 17.8 Å². The molecule has 1 amide bonds. The predicted molar refractivity (Wildman–Crippen MR) is 304 cm³/mol. The highest BCUT2D eigenvalue weighted by molar-refractivity contribution is 5.76. The molecule has 0 aliphatic carbocycles. The van der Waals surface area contributed by atoms with E-state index >= 15 is 0 Å². The SMILES string of the molecule is CCCCCCCCC(CCCCCC)COC(=O)CCCCCCCCC(CCCCCCCCC(=O)OCC(CCCCCC)CCCCCCCC)N(CCCNC)C(=O)CCCCCCC. The van der Waals surface area contributed by atoms with Crippen molar-refractivity contribution in [2.24, 2.45) is 11.8 Å². The van der Waals surface area contributed by atoms with E-state index in [1.165, 1.54) is 199 Å². The standard InChI is InChI=1S/C63H124N2O5/c1-7-12-17-22-29-37-47-58(45-35-20-15-10-4)56-69-62(67)52-42-33-26-24-31-39-49-60(65(55-44-54-64-6)61(66)51-41-28-19-14-9-3)50-40-32-25-27-34-43-53-63(68)70-57-59(46-36-21-16-11-5)48-38-30-23-18-13-8-2/h58-60,64H,7-57H2,1-6H3. The number of nitrogens with one attached hydrogen (secondary N) is 1. The van der Waals surface area contributed by atoms with Gasteiger partial charge in [0.15, 0.2) is 0 Å². The van der Waals surface area contributed by atoms with Crippen LogP contribution in [0.25, 0.3) is 0 Å². The van der Waals surface area contributed by atoms with Crippen LogP contribution in [0.5, 0.6) is 0 Å². The lowest BCUT2D eigenvalue weighted by atomic mass is 9.95. The topological polar surface area (TPSA) is 84.9 Å². The Morgan fingerprint density at radius 1 is 0.357 bits per heavy atom. The molecule has 1 N–H and O–H groups in total. The summed E-state index contributed by atoms with van der Waals surface area (Å²) in [5, 5.41) is 3.31. The Kier molecular flexibility index (Phi) is 53.8. The van der Waals surface area contributed by atoms with E-state index in [0.717, 1.165) is 96.6 Å². The Morgan fingerprint density at radius 2 is 0.643 bits per heavy atom. The highest BCUT2D eigenvalue weighted by Gasteiger charge is 2.23. The molecule has 416 valence electrons. The first-order valence-corrected chi connectivity index (χ1v) is 31.6. The summed E-state index contributed by atoms with van der Waals surface area (Å²) in [6.45, 7) is 14.4. The second kappa shape index (κ2) is 55.1. The molecule has 0 saturated carbocycles. The van der Waals surface area contributed by atoms with Gasteiger partial charge in [-0.05, 0) is 89.6 Å². The molecule has 0 aromatic heterocycles. The maximum absolute atomic E-state index is 13.9.